The number of carbonyl (C=O) groups is 1. The van der Waals surface area contributed by atoms with Crippen LogP contribution in [0.4, 0.5) is 11.4 Å². The van der Waals surface area contributed by atoms with Gasteiger partial charge in [0.15, 0.2) is 11.5 Å². The standard InChI is InChI=1S/C22H20N2O6S/c1-28-18-7-3-2-6-17(18)24-31(26,27)16-12-10-15(11-13-16)23-22(25)21-14-29-19-8-4-5-9-20(19)30-21/h2-13,21,24H,14H2,1H3,(H,23,25). The lowest BCUT2D eigenvalue weighted by Crippen LogP contribution is -2.40. The van der Waals surface area contributed by atoms with E-state index in [2.05, 4.69) is 10.0 Å². The fourth-order valence-corrected chi connectivity index (χ4v) is 4.09. The van der Waals surface area contributed by atoms with Crippen LogP contribution in [0, 0.1) is 0 Å². The van der Waals surface area contributed by atoms with Crippen molar-refractivity contribution in [3.05, 3.63) is 72.8 Å². The van der Waals surface area contributed by atoms with Crippen LogP contribution in [0.3, 0.4) is 0 Å². The van der Waals surface area contributed by atoms with Gasteiger partial charge in [-0.25, -0.2) is 8.42 Å². The smallest absolute Gasteiger partial charge is 0.269 e. The second kappa shape index (κ2) is 8.57. The van der Waals surface area contributed by atoms with Gasteiger partial charge in [0.2, 0.25) is 6.10 Å². The van der Waals surface area contributed by atoms with Crippen LogP contribution in [0.2, 0.25) is 0 Å². The molecule has 0 aromatic heterocycles. The van der Waals surface area contributed by atoms with E-state index in [0.717, 1.165) is 0 Å². The SMILES string of the molecule is COc1ccccc1NS(=O)(=O)c1ccc(NC(=O)C2COc3ccccc3O2)cc1. The number of anilines is 2. The number of hydrogen-bond acceptors (Lipinski definition) is 6. The molecule has 9 heteroatoms. The van der Waals surface area contributed by atoms with E-state index in [1.165, 1.54) is 31.4 Å². The number of para-hydroxylation sites is 4. The molecule has 4 rings (SSSR count). The summed E-state index contributed by atoms with van der Waals surface area (Å²) < 4.78 is 44.3. The zero-order valence-corrected chi connectivity index (χ0v) is 17.4. The summed E-state index contributed by atoms with van der Waals surface area (Å²) in [6.45, 7) is 0.0815. The fraction of sp³-hybridized carbons (Fsp3) is 0.136. The van der Waals surface area contributed by atoms with Crippen molar-refractivity contribution in [1.82, 2.24) is 0 Å². The average Bonchev–Trinajstić information content (AvgIpc) is 2.79. The van der Waals surface area contributed by atoms with Gasteiger partial charge in [-0.3, -0.25) is 9.52 Å². The average molecular weight is 440 g/mol. The second-order valence-corrected chi connectivity index (χ2v) is 8.37. The number of nitrogens with one attached hydrogen (secondary N) is 2. The number of fused-ring (bicyclic) bond motifs is 1. The number of ether oxygens (including phenoxy) is 3. The van der Waals surface area contributed by atoms with Crippen LogP contribution in [-0.4, -0.2) is 34.1 Å². The van der Waals surface area contributed by atoms with Crippen LogP contribution in [0.25, 0.3) is 0 Å². The molecule has 160 valence electrons. The highest BCUT2D eigenvalue weighted by Crippen LogP contribution is 2.31. The topological polar surface area (TPSA) is 103 Å². The Morgan fingerprint density at radius 3 is 2.39 bits per heavy atom. The van der Waals surface area contributed by atoms with Gasteiger partial charge in [-0.15, -0.1) is 0 Å². The third kappa shape index (κ3) is 4.56. The molecule has 0 aliphatic carbocycles. The van der Waals surface area contributed by atoms with Crippen molar-refractivity contribution in [3.8, 4) is 17.2 Å². The van der Waals surface area contributed by atoms with E-state index in [9.17, 15) is 13.2 Å². The Hall–Kier alpha value is -3.72. The van der Waals surface area contributed by atoms with Crippen molar-refractivity contribution in [2.45, 2.75) is 11.0 Å². The highest BCUT2D eigenvalue weighted by Gasteiger charge is 2.27. The molecule has 3 aromatic carbocycles. The molecule has 1 heterocycles. The molecule has 0 saturated carbocycles. The summed E-state index contributed by atoms with van der Waals surface area (Å²) in [6, 6.07) is 19.6. The summed E-state index contributed by atoms with van der Waals surface area (Å²) in [5.74, 6) is 1.10. The first-order valence-corrected chi connectivity index (χ1v) is 10.9. The van der Waals surface area contributed by atoms with E-state index in [1.54, 1.807) is 42.5 Å². The first-order valence-electron chi connectivity index (χ1n) is 9.41. The monoisotopic (exact) mass is 440 g/mol. The van der Waals surface area contributed by atoms with Gasteiger partial charge in [-0.1, -0.05) is 24.3 Å². The molecular formula is C22H20N2O6S. The maximum atomic E-state index is 12.7. The molecule has 0 spiro atoms. The van der Waals surface area contributed by atoms with E-state index in [0.29, 0.717) is 28.6 Å². The van der Waals surface area contributed by atoms with Crippen LogP contribution in [-0.2, 0) is 14.8 Å². The Labute approximate surface area is 179 Å². The van der Waals surface area contributed by atoms with Gasteiger partial charge in [-0.2, -0.15) is 0 Å². The van der Waals surface area contributed by atoms with Crippen LogP contribution in [0.1, 0.15) is 0 Å². The lowest BCUT2D eigenvalue weighted by Gasteiger charge is -2.25. The third-order valence-corrected chi connectivity index (χ3v) is 5.97. The van der Waals surface area contributed by atoms with Crippen LogP contribution in [0.15, 0.2) is 77.7 Å². The lowest BCUT2D eigenvalue weighted by molar-refractivity contribution is -0.125. The minimum absolute atomic E-state index is 0.0441. The fourth-order valence-electron chi connectivity index (χ4n) is 3.02. The highest BCUT2D eigenvalue weighted by molar-refractivity contribution is 7.92. The molecule has 0 radical (unpaired) electrons. The molecule has 8 nitrogen and oxygen atoms in total. The summed E-state index contributed by atoms with van der Waals surface area (Å²) in [6.07, 6.45) is -0.814. The Morgan fingerprint density at radius 1 is 0.968 bits per heavy atom. The highest BCUT2D eigenvalue weighted by atomic mass is 32.2. The summed E-state index contributed by atoms with van der Waals surface area (Å²) in [5, 5.41) is 2.71. The summed E-state index contributed by atoms with van der Waals surface area (Å²) in [5.41, 5.74) is 0.765. The minimum Gasteiger partial charge on any atom is -0.495 e. The Kier molecular flexibility index (Phi) is 5.68. The Morgan fingerprint density at radius 2 is 1.65 bits per heavy atom. The van der Waals surface area contributed by atoms with Gasteiger partial charge >= 0.3 is 0 Å². The van der Waals surface area contributed by atoms with Gasteiger partial charge < -0.3 is 19.5 Å². The van der Waals surface area contributed by atoms with Crippen molar-refractivity contribution < 1.29 is 27.4 Å². The molecule has 1 atom stereocenters. The molecule has 1 aliphatic heterocycles. The lowest BCUT2D eigenvalue weighted by atomic mass is 10.2. The zero-order chi connectivity index (χ0) is 21.8. The minimum atomic E-state index is -3.83. The van der Waals surface area contributed by atoms with Crippen molar-refractivity contribution in [2.24, 2.45) is 0 Å². The number of rotatable bonds is 6. The molecule has 0 fully saturated rings. The van der Waals surface area contributed by atoms with Gasteiger partial charge in [0.1, 0.15) is 12.4 Å². The summed E-state index contributed by atoms with van der Waals surface area (Å²) >= 11 is 0. The van der Waals surface area contributed by atoms with Crippen LogP contribution >= 0.6 is 0 Å². The predicted octanol–water partition coefficient (Wildman–Crippen LogP) is 3.27. The number of sulfonamides is 1. The molecular weight excluding hydrogens is 420 g/mol. The van der Waals surface area contributed by atoms with Crippen molar-refractivity contribution in [2.75, 3.05) is 23.8 Å². The number of amides is 1. The van der Waals surface area contributed by atoms with Crippen molar-refractivity contribution in [3.63, 3.8) is 0 Å². The van der Waals surface area contributed by atoms with Crippen LogP contribution in [0.5, 0.6) is 17.2 Å². The third-order valence-electron chi connectivity index (χ3n) is 4.58. The molecule has 0 bridgehead atoms. The molecule has 1 aliphatic rings. The van der Waals surface area contributed by atoms with Gasteiger partial charge in [0, 0.05) is 5.69 Å². The zero-order valence-electron chi connectivity index (χ0n) is 16.6. The Bertz CT molecular complexity index is 1190. The van der Waals surface area contributed by atoms with Gasteiger partial charge in [0.25, 0.3) is 15.9 Å². The van der Waals surface area contributed by atoms with Crippen molar-refractivity contribution >= 4 is 27.3 Å². The van der Waals surface area contributed by atoms with E-state index in [4.69, 9.17) is 14.2 Å². The number of carbonyl (C=O) groups excluding carboxylic acids is 1. The van der Waals surface area contributed by atoms with E-state index >= 15 is 0 Å². The summed E-state index contributed by atoms with van der Waals surface area (Å²) in [7, 11) is -2.37. The largest absolute Gasteiger partial charge is 0.495 e. The first kappa shape index (κ1) is 20.5. The molecule has 0 saturated heterocycles. The molecule has 31 heavy (non-hydrogen) atoms. The first-order chi connectivity index (χ1) is 15.0. The predicted molar refractivity (Wildman–Crippen MR) is 115 cm³/mol. The van der Waals surface area contributed by atoms with Crippen LogP contribution < -0.4 is 24.2 Å². The molecule has 1 unspecified atom stereocenters. The molecule has 3 aromatic rings. The van der Waals surface area contributed by atoms with Crippen molar-refractivity contribution in [1.29, 1.82) is 0 Å². The van der Waals surface area contributed by atoms with E-state index in [1.807, 2.05) is 6.07 Å². The molecule has 2 N–H and O–H groups in total. The Balaban J connectivity index is 1.43. The van der Waals surface area contributed by atoms with E-state index in [-0.39, 0.29) is 11.5 Å². The van der Waals surface area contributed by atoms with Gasteiger partial charge in [0.05, 0.1) is 17.7 Å². The number of methoxy groups -OCH3 is 1. The maximum absolute atomic E-state index is 12.7. The maximum Gasteiger partial charge on any atom is 0.269 e. The summed E-state index contributed by atoms with van der Waals surface area (Å²) in [4.78, 5) is 12.6. The molecule has 1 amide bonds. The second-order valence-electron chi connectivity index (χ2n) is 6.68. The number of benzene rings is 3. The van der Waals surface area contributed by atoms with Gasteiger partial charge in [-0.05, 0) is 48.5 Å². The number of hydrogen-bond donors (Lipinski definition) is 2. The quantitative estimate of drug-likeness (QED) is 0.610. The normalized spacial score (nSPS) is 15.1. The van der Waals surface area contributed by atoms with E-state index < -0.39 is 22.0 Å².